The number of rotatable bonds is 4. The van der Waals surface area contributed by atoms with Crippen LogP contribution in [-0.2, 0) is 23.8 Å². The van der Waals surface area contributed by atoms with Crippen LogP contribution in [0.15, 0.2) is 15.7 Å². The van der Waals surface area contributed by atoms with Crippen molar-refractivity contribution < 1.29 is 32.7 Å². The van der Waals surface area contributed by atoms with Crippen LogP contribution >= 0.6 is 11.3 Å². The van der Waals surface area contributed by atoms with Gasteiger partial charge >= 0.3 is 6.18 Å². The molecule has 1 amide bonds. The van der Waals surface area contributed by atoms with Crippen molar-refractivity contribution in [2.24, 2.45) is 0 Å². The highest BCUT2D eigenvalue weighted by Crippen LogP contribution is 2.44. The molecule has 156 valence electrons. The van der Waals surface area contributed by atoms with Gasteiger partial charge in [-0.15, -0.1) is 11.3 Å². The van der Waals surface area contributed by atoms with Gasteiger partial charge < -0.3 is 20.1 Å². The van der Waals surface area contributed by atoms with Crippen molar-refractivity contribution in [1.82, 2.24) is 10.1 Å². The molecule has 2 aromatic rings. The molecule has 0 spiro atoms. The molecule has 0 bridgehead atoms. The Morgan fingerprint density at radius 3 is 2.59 bits per heavy atom. The zero-order valence-corrected chi connectivity index (χ0v) is 16.0. The molecule has 0 radical (unpaired) electrons. The minimum Gasteiger partial charge on any atom is -0.365 e. The van der Waals surface area contributed by atoms with Crippen LogP contribution in [0.25, 0.3) is 11.5 Å². The number of alkyl halides is 3. The Hall–Kier alpha value is -2.24. The number of aliphatic hydroxyl groups is 2. The van der Waals surface area contributed by atoms with E-state index >= 15 is 0 Å². The largest absolute Gasteiger partial charge is 0.455 e. The van der Waals surface area contributed by atoms with Gasteiger partial charge in [0.05, 0.1) is 5.56 Å². The molecule has 3 N–H and O–H groups in total. The van der Waals surface area contributed by atoms with Crippen molar-refractivity contribution in [3.63, 3.8) is 0 Å². The monoisotopic (exact) mass is 429 g/mol. The molecule has 4 rings (SSSR count). The zero-order chi connectivity index (χ0) is 20.8. The molecule has 0 aromatic carbocycles. The van der Waals surface area contributed by atoms with Crippen molar-refractivity contribution in [2.75, 3.05) is 5.32 Å². The minimum absolute atomic E-state index is 0.266. The summed E-state index contributed by atoms with van der Waals surface area (Å²) in [6.45, 7) is 0. The Kier molecular flexibility index (Phi) is 5.21. The third-order valence-electron chi connectivity index (χ3n) is 5.14. The van der Waals surface area contributed by atoms with Gasteiger partial charge in [0.25, 0.3) is 17.6 Å². The standard InChI is InChI=1S/C18H18F3N3O4S/c19-18(20,21)17-23-14(28-24-17)12-10-4-1-2-7-11(10)29-15(12)22-13(25)8-5-3-6-9(8)16(26)27/h16,26-27H,1-7H2,(H,22,25). The van der Waals surface area contributed by atoms with Crippen LogP contribution in [0.3, 0.4) is 0 Å². The Balaban J connectivity index is 1.73. The summed E-state index contributed by atoms with van der Waals surface area (Å²) in [6.07, 6.45) is -1.79. The van der Waals surface area contributed by atoms with Crippen LogP contribution in [0.1, 0.15) is 48.4 Å². The van der Waals surface area contributed by atoms with Crippen LogP contribution < -0.4 is 5.32 Å². The summed E-state index contributed by atoms with van der Waals surface area (Å²) >= 11 is 1.28. The normalized spacial score (nSPS) is 17.2. The zero-order valence-electron chi connectivity index (χ0n) is 15.2. The van der Waals surface area contributed by atoms with E-state index in [0.29, 0.717) is 41.8 Å². The van der Waals surface area contributed by atoms with Crippen LogP contribution in [-0.4, -0.2) is 32.6 Å². The highest BCUT2D eigenvalue weighted by Gasteiger charge is 2.38. The first-order valence-electron chi connectivity index (χ1n) is 9.21. The number of carbonyl (C=O) groups is 1. The van der Waals surface area contributed by atoms with E-state index in [2.05, 4.69) is 15.5 Å². The molecule has 29 heavy (non-hydrogen) atoms. The summed E-state index contributed by atoms with van der Waals surface area (Å²) in [6, 6.07) is 0. The number of carbonyl (C=O) groups excluding carboxylic acids is 1. The summed E-state index contributed by atoms with van der Waals surface area (Å²) in [7, 11) is 0. The molecule has 7 nitrogen and oxygen atoms in total. The lowest BCUT2D eigenvalue weighted by atomic mass is 9.95. The third-order valence-corrected chi connectivity index (χ3v) is 6.35. The van der Waals surface area contributed by atoms with Gasteiger partial charge in [-0.1, -0.05) is 5.16 Å². The van der Waals surface area contributed by atoms with Gasteiger partial charge in [-0.3, -0.25) is 4.79 Å². The van der Waals surface area contributed by atoms with E-state index in [1.807, 2.05) is 0 Å². The first kappa shape index (κ1) is 20.0. The molecule has 0 unspecified atom stereocenters. The van der Waals surface area contributed by atoms with Crippen LogP contribution in [0, 0.1) is 0 Å². The summed E-state index contributed by atoms with van der Waals surface area (Å²) in [5.41, 5.74) is 1.70. The van der Waals surface area contributed by atoms with Crippen LogP contribution in [0.5, 0.6) is 0 Å². The van der Waals surface area contributed by atoms with Crippen molar-refractivity contribution in [3.8, 4) is 11.5 Å². The SMILES string of the molecule is O=C(Nc1sc2c(c1-c1nc(C(F)(F)F)no1)CCCC2)C1=C(C(O)O)CCC1. The van der Waals surface area contributed by atoms with Gasteiger partial charge in [-0.25, -0.2) is 0 Å². The van der Waals surface area contributed by atoms with Crippen molar-refractivity contribution in [3.05, 3.63) is 27.4 Å². The summed E-state index contributed by atoms with van der Waals surface area (Å²) in [5.74, 6) is -2.15. The van der Waals surface area contributed by atoms with Crippen molar-refractivity contribution in [1.29, 1.82) is 0 Å². The maximum atomic E-state index is 12.9. The molecule has 0 saturated carbocycles. The second-order valence-corrected chi connectivity index (χ2v) is 8.13. The molecule has 0 atom stereocenters. The van der Waals surface area contributed by atoms with Gasteiger partial charge in [-0.05, 0) is 56.1 Å². The van der Waals surface area contributed by atoms with E-state index in [-0.39, 0.29) is 11.5 Å². The Morgan fingerprint density at radius 2 is 1.90 bits per heavy atom. The van der Waals surface area contributed by atoms with Gasteiger partial charge in [0.15, 0.2) is 6.29 Å². The third kappa shape index (κ3) is 3.81. The number of halogens is 3. The van der Waals surface area contributed by atoms with E-state index in [0.717, 1.165) is 29.7 Å². The molecule has 2 heterocycles. The second-order valence-electron chi connectivity index (χ2n) is 7.02. The molecular weight excluding hydrogens is 411 g/mol. The predicted octanol–water partition coefficient (Wildman–Crippen LogP) is 3.43. The van der Waals surface area contributed by atoms with E-state index in [4.69, 9.17) is 4.52 Å². The van der Waals surface area contributed by atoms with Gasteiger partial charge in [-0.2, -0.15) is 18.2 Å². The number of aromatic nitrogens is 2. The Labute approximate surface area is 167 Å². The Bertz CT molecular complexity index is 978. The highest BCUT2D eigenvalue weighted by atomic mass is 32.1. The number of aryl methyl sites for hydroxylation is 1. The summed E-state index contributed by atoms with van der Waals surface area (Å²) in [4.78, 5) is 17.2. The first-order valence-corrected chi connectivity index (χ1v) is 10.0. The number of fused-ring (bicyclic) bond motifs is 1. The lowest BCUT2D eigenvalue weighted by Gasteiger charge is -2.11. The number of aliphatic hydroxyl groups excluding tert-OH is 1. The number of hydrogen-bond acceptors (Lipinski definition) is 7. The molecule has 0 aliphatic heterocycles. The lowest BCUT2D eigenvalue weighted by molar-refractivity contribution is -0.146. The quantitative estimate of drug-likeness (QED) is 0.643. The molecule has 2 aliphatic carbocycles. The molecule has 0 fully saturated rings. The van der Waals surface area contributed by atoms with E-state index in [9.17, 15) is 28.2 Å². The minimum atomic E-state index is -4.73. The fourth-order valence-electron chi connectivity index (χ4n) is 3.81. The number of hydrogen-bond donors (Lipinski definition) is 3. The van der Waals surface area contributed by atoms with Gasteiger partial charge in [0, 0.05) is 10.5 Å². The average molecular weight is 429 g/mol. The average Bonchev–Trinajstić information content (AvgIpc) is 3.38. The van der Waals surface area contributed by atoms with E-state index in [1.54, 1.807) is 0 Å². The fraction of sp³-hybridized carbons (Fsp3) is 0.500. The number of thiophene rings is 1. The van der Waals surface area contributed by atoms with E-state index in [1.165, 1.54) is 11.3 Å². The maximum absolute atomic E-state index is 12.9. The molecule has 2 aromatic heterocycles. The number of nitrogens with one attached hydrogen (secondary N) is 1. The summed E-state index contributed by atoms with van der Waals surface area (Å²) < 4.78 is 43.6. The van der Waals surface area contributed by atoms with Crippen molar-refractivity contribution in [2.45, 2.75) is 57.4 Å². The lowest BCUT2D eigenvalue weighted by Crippen LogP contribution is -2.18. The first-order chi connectivity index (χ1) is 13.8. The smallest absolute Gasteiger partial charge is 0.365 e. The summed E-state index contributed by atoms with van der Waals surface area (Å²) in [5, 5.41) is 25.0. The molecular formula is C18H18F3N3O4S. The van der Waals surface area contributed by atoms with Gasteiger partial charge in [0.1, 0.15) is 5.00 Å². The Morgan fingerprint density at radius 1 is 1.14 bits per heavy atom. The predicted molar refractivity (Wildman–Crippen MR) is 97.0 cm³/mol. The fourth-order valence-corrected chi connectivity index (χ4v) is 5.09. The number of amides is 1. The second kappa shape index (κ2) is 7.54. The highest BCUT2D eigenvalue weighted by molar-refractivity contribution is 7.17. The van der Waals surface area contributed by atoms with E-state index < -0.39 is 24.2 Å². The van der Waals surface area contributed by atoms with Gasteiger partial charge in [0.2, 0.25) is 0 Å². The van der Waals surface area contributed by atoms with Crippen LogP contribution in [0.2, 0.25) is 0 Å². The molecule has 2 aliphatic rings. The topological polar surface area (TPSA) is 108 Å². The number of nitrogens with zero attached hydrogens (tertiary/aromatic N) is 2. The van der Waals surface area contributed by atoms with Crippen LogP contribution in [0.4, 0.5) is 18.2 Å². The molecule has 11 heteroatoms. The number of anilines is 1. The molecule has 0 saturated heterocycles. The maximum Gasteiger partial charge on any atom is 0.455 e. The van der Waals surface area contributed by atoms with Crippen molar-refractivity contribution >= 4 is 22.2 Å².